The zero-order valence-corrected chi connectivity index (χ0v) is 18.4. The van der Waals surface area contributed by atoms with Crippen molar-refractivity contribution in [1.29, 1.82) is 0 Å². The van der Waals surface area contributed by atoms with Gasteiger partial charge in [-0.05, 0) is 48.5 Å². The number of benzene rings is 3. The molecule has 6 nitrogen and oxygen atoms in total. The first-order valence-corrected chi connectivity index (χ1v) is 10.8. The Morgan fingerprint density at radius 1 is 1.14 bits per heavy atom. The average Bonchev–Trinajstić information content (AvgIpc) is 3.31. The van der Waals surface area contributed by atoms with Crippen LogP contribution in [0.1, 0.15) is 33.1 Å². The molecule has 0 saturated heterocycles. The molecule has 3 aromatic carbocycles. The maximum Gasteiger partial charge on any atom is 0.326 e. The van der Waals surface area contributed by atoms with Gasteiger partial charge in [0.15, 0.2) is 5.60 Å². The third-order valence-corrected chi connectivity index (χ3v) is 6.49. The molecule has 3 amide bonds. The fourth-order valence-electron chi connectivity index (χ4n) is 4.49. The molecule has 0 unspecified atom stereocenters. The molecular weight excluding hydrogens is 490 g/mol. The molecule has 0 aliphatic carbocycles. The lowest BCUT2D eigenvalue weighted by molar-refractivity contribution is -0.0892. The predicted octanol–water partition coefficient (Wildman–Crippen LogP) is 4.96. The third-order valence-electron chi connectivity index (χ3n) is 6.15. The number of alkyl halides is 2. The van der Waals surface area contributed by atoms with Gasteiger partial charge in [-0.15, -0.1) is 0 Å². The fourth-order valence-corrected chi connectivity index (χ4v) is 4.71. The summed E-state index contributed by atoms with van der Waals surface area (Å²) in [5, 5.41) is 16.0. The number of rotatable bonds is 3. The average molecular weight is 506 g/mol. The molecule has 11 heteroatoms. The Balaban J connectivity index is 1.53. The molecule has 2 aliphatic heterocycles. The number of aliphatic hydroxyl groups is 1. The molecule has 0 bridgehead atoms. The molecule has 0 saturated carbocycles. The van der Waals surface area contributed by atoms with Gasteiger partial charge in [-0.2, -0.15) is 0 Å². The summed E-state index contributed by atoms with van der Waals surface area (Å²) in [5.41, 5.74) is -2.34. The number of amides is 3. The minimum atomic E-state index is -3.29. The van der Waals surface area contributed by atoms with Gasteiger partial charge in [0.1, 0.15) is 11.6 Å². The van der Waals surface area contributed by atoms with Crippen LogP contribution in [-0.4, -0.2) is 30.0 Å². The van der Waals surface area contributed by atoms with Crippen LogP contribution >= 0.6 is 11.6 Å². The molecule has 180 valence electrons. The highest BCUT2D eigenvalue weighted by Crippen LogP contribution is 2.44. The van der Waals surface area contributed by atoms with Gasteiger partial charge in [-0.1, -0.05) is 17.7 Å². The highest BCUT2D eigenvalue weighted by atomic mass is 35.5. The first-order chi connectivity index (χ1) is 16.6. The summed E-state index contributed by atoms with van der Waals surface area (Å²) in [6.07, 6.45) is -3.29. The van der Waals surface area contributed by atoms with Crippen molar-refractivity contribution in [2.45, 2.75) is 18.1 Å². The van der Waals surface area contributed by atoms with Gasteiger partial charge < -0.3 is 15.7 Å². The maximum atomic E-state index is 13.9. The highest BCUT2D eigenvalue weighted by molar-refractivity contribution is 6.31. The zero-order valence-electron chi connectivity index (χ0n) is 17.7. The molecule has 0 spiro atoms. The summed E-state index contributed by atoms with van der Waals surface area (Å²) in [6.45, 7) is -0.819. The number of nitrogens with zero attached hydrogens (tertiary/aromatic N) is 1. The van der Waals surface area contributed by atoms with E-state index in [-0.39, 0.29) is 27.5 Å². The standard InChI is InChI=1S/C24H16ClF4N3O3/c25-16-6-4-11(26)8-14(16)20-19-13(21(33)31-20)2-1-3-17(19)30-23(34)32-10-24(35,22(28)29)15-9-12(27)5-7-18(15)32/h1-9,20,22,35H,10H2,(H,30,34)(H,31,33)/t20-,24-/m1/s1. The van der Waals surface area contributed by atoms with Crippen molar-refractivity contribution in [3.63, 3.8) is 0 Å². The highest BCUT2D eigenvalue weighted by Gasteiger charge is 2.50. The molecule has 2 atom stereocenters. The zero-order chi connectivity index (χ0) is 25.1. The van der Waals surface area contributed by atoms with Gasteiger partial charge in [0.25, 0.3) is 12.3 Å². The first kappa shape index (κ1) is 23.1. The van der Waals surface area contributed by atoms with Crippen molar-refractivity contribution < 1.29 is 32.3 Å². The number of carbonyl (C=O) groups excluding carboxylic acids is 2. The quantitative estimate of drug-likeness (QED) is 0.440. The summed E-state index contributed by atoms with van der Waals surface area (Å²) in [7, 11) is 0. The van der Waals surface area contributed by atoms with E-state index in [1.807, 2.05) is 0 Å². The second-order valence-electron chi connectivity index (χ2n) is 8.24. The smallest absolute Gasteiger partial charge is 0.326 e. The van der Waals surface area contributed by atoms with Crippen molar-refractivity contribution in [2.75, 3.05) is 16.8 Å². The Hall–Kier alpha value is -3.63. The molecule has 5 rings (SSSR count). The van der Waals surface area contributed by atoms with E-state index in [4.69, 9.17) is 11.6 Å². The number of β-amino-alcohol motifs (C(OH)–C–C–N with tert-alkyl or cyclic N) is 1. The van der Waals surface area contributed by atoms with Crippen LogP contribution in [0.25, 0.3) is 0 Å². The normalized spacial score (nSPS) is 20.6. The monoisotopic (exact) mass is 505 g/mol. The van der Waals surface area contributed by atoms with Crippen LogP contribution in [0.5, 0.6) is 0 Å². The fraction of sp³-hybridized carbons (Fsp3) is 0.167. The molecule has 2 aliphatic rings. The summed E-state index contributed by atoms with van der Waals surface area (Å²) >= 11 is 6.24. The van der Waals surface area contributed by atoms with E-state index in [2.05, 4.69) is 10.6 Å². The van der Waals surface area contributed by atoms with E-state index in [1.54, 1.807) is 0 Å². The lowest BCUT2D eigenvalue weighted by atomic mass is 9.96. The summed E-state index contributed by atoms with van der Waals surface area (Å²) in [6, 6.07) is 9.25. The van der Waals surface area contributed by atoms with Gasteiger partial charge in [-0.3, -0.25) is 9.69 Å². The SMILES string of the molecule is O=C1N[C@H](c2cc(F)ccc2Cl)c2c(NC(=O)N3C[C@](O)(C(F)F)c4cc(F)ccc43)cccc21. The topological polar surface area (TPSA) is 81.7 Å². The Kier molecular flexibility index (Phi) is 5.45. The van der Waals surface area contributed by atoms with Crippen molar-refractivity contribution in [2.24, 2.45) is 0 Å². The van der Waals surface area contributed by atoms with Crippen molar-refractivity contribution in [1.82, 2.24) is 5.32 Å². The van der Waals surface area contributed by atoms with Crippen LogP contribution in [0.2, 0.25) is 5.02 Å². The third kappa shape index (κ3) is 3.69. The van der Waals surface area contributed by atoms with E-state index in [0.29, 0.717) is 5.56 Å². The number of hydrogen-bond donors (Lipinski definition) is 3. The van der Waals surface area contributed by atoms with Crippen LogP contribution in [-0.2, 0) is 5.60 Å². The van der Waals surface area contributed by atoms with Crippen molar-refractivity contribution >= 4 is 34.9 Å². The number of halogens is 5. The predicted molar refractivity (Wildman–Crippen MR) is 120 cm³/mol. The second-order valence-corrected chi connectivity index (χ2v) is 8.65. The molecule has 0 fully saturated rings. The molecule has 0 radical (unpaired) electrons. The van der Waals surface area contributed by atoms with Crippen LogP contribution in [0.4, 0.5) is 33.7 Å². The van der Waals surface area contributed by atoms with E-state index < -0.39 is 53.7 Å². The first-order valence-electron chi connectivity index (χ1n) is 10.4. The maximum absolute atomic E-state index is 13.9. The van der Waals surface area contributed by atoms with E-state index in [9.17, 15) is 32.3 Å². The summed E-state index contributed by atoms with van der Waals surface area (Å²) in [4.78, 5) is 26.6. The van der Waals surface area contributed by atoms with Gasteiger partial charge in [0, 0.05) is 33.0 Å². The molecule has 0 aromatic heterocycles. The number of hydrogen-bond acceptors (Lipinski definition) is 3. The van der Waals surface area contributed by atoms with Gasteiger partial charge in [0.2, 0.25) is 0 Å². The lowest BCUT2D eigenvalue weighted by Gasteiger charge is -2.24. The second kappa shape index (κ2) is 8.24. The van der Waals surface area contributed by atoms with Gasteiger partial charge in [-0.25, -0.2) is 22.4 Å². The summed E-state index contributed by atoms with van der Waals surface area (Å²) in [5.74, 6) is -1.90. The number of fused-ring (bicyclic) bond motifs is 2. The Bertz CT molecular complexity index is 1390. The van der Waals surface area contributed by atoms with E-state index in [1.165, 1.54) is 24.3 Å². The molecule has 3 N–H and O–H groups in total. The molecule has 35 heavy (non-hydrogen) atoms. The van der Waals surface area contributed by atoms with Gasteiger partial charge >= 0.3 is 6.03 Å². The molecule has 3 aromatic rings. The number of nitrogens with one attached hydrogen (secondary N) is 2. The molecular formula is C24H16ClF4N3O3. The van der Waals surface area contributed by atoms with Crippen LogP contribution in [0.15, 0.2) is 54.6 Å². The Labute approximate surface area is 201 Å². The summed E-state index contributed by atoms with van der Waals surface area (Å²) < 4.78 is 55.1. The largest absolute Gasteiger partial charge is 0.377 e. The van der Waals surface area contributed by atoms with Crippen molar-refractivity contribution in [3.05, 3.63) is 93.5 Å². The molecule has 2 heterocycles. The van der Waals surface area contributed by atoms with Gasteiger partial charge in [0.05, 0.1) is 18.3 Å². The van der Waals surface area contributed by atoms with Crippen LogP contribution in [0.3, 0.4) is 0 Å². The number of urea groups is 1. The Morgan fingerprint density at radius 2 is 1.86 bits per heavy atom. The minimum Gasteiger partial charge on any atom is -0.377 e. The Morgan fingerprint density at radius 3 is 2.60 bits per heavy atom. The number of carbonyl (C=O) groups is 2. The minimum absolute atomic E-state index is 0.0850. The number of anilines is 2. The lowest BCUT2D eigenvalue weighted by Crippen LogP contribution is -2.43. The van der Waals surface area contributed by atoms with Crippen molar-refractivity contribution in [3.8, 4) is 0 Å². The van der Waals surface area contributed by atoms with Crippen LogP contribution < -0.4 is 15.5 Å². The van der Waals surface area contributed by atoms with E-state index >= 15 is 0 Å². The van der Waals surface area contributed by atoms with E-state index in [0.717, 1.165) is 35.2 Å². The van der Waals surface area contributed by atoms with Crippen LogP contribution in [0, 0.1) is 11.6 Å².